The molecule has 21 heavy (non-hydrogen) atoms. The van der Waals surface area contributed by atoms with E-state index in [9.17, 15) is 14.5 Å². The molecular weight excluding hydrogens is 299 g/mol. The summed E-state index contributed by atoms with van der Waals surface area (Å²) in [6, 6.07) is 3.27. The van der Waals surface area contributed by atoms with Crippen molar-refractivity contribution in [2.24, 2.45) is 5.92 Å². The number of rotatable bonds is 5. The van der Waals surface area contributed by atoms with E-state index in [1.165, 1.54) is 0 Å². The van der Waals surface area contributed by atoms with Crippen molar-refractivity contribution >= 4 is 17.3 Å². The highest BCUT2D eigenvalue weighted by Crippen LogP contribution is 2.30. The summed E-state index contributed by atoms with van der Waals surface area (Å²) in [6.07, 6.45) is 0. The van der Waals surface area contributed by atoms with Crippen molar-refractivity contribution in [3.05, 3.63) is 40.0 Å². The Bertz CT molecular complexity index is 672. The Labute approximate surface area is 125 Å². The zero-order valence-electron chi connectivity index (χ0n) is 11.6. The molecule has 8 heteroatoms. The SMILES string of the molecule is CC(C)Cn1c(CCl)nnc1-c1cc(F)ccc1[N+](=O)[O-]. The number of benzene rings is 1. The Balaban J connectivity index is 2.64. The van der Waals surface area contributed by atoms with Gasteiger partial charge < -0.3 is 4.57 Å². The number of nitro groups is 1. The lowest BCUT2D eigenvalue weighted by Gasteiger charge is -2.12. The predicted molar refractivity (Wildman–Crippen MR) is 76.5 cm³/mol. The molecule has 2 aromatic rings. The van der Waals surface area contributed by atoms with Crippen LogP contribution in [0.25, 0.3) is 11.4 Å². The molecule has 0 amide bonds. The number of hydrogen-bond donors (Lipinski definition) is 0. The van der Waals surface area contributed by atoms with Crippen LogP contribution in [-0.4, -0.2) is 19.7 Å². The van der Waals surface area contributed by atoms with Gasteiger partial charge in [0.2, 0.25) is 0 Å². The Kier molecular flexibility index (Phi) is 4.52. The summed E-state index contributed by atoms with van der Waals surface area (Å²) in [5.74, 6) is 0.573. The molecule has 0 radical (unpaired) electrons. The Morgan fingerprint density at radius 3 is 2.71 bits per heavy atom. The molecule has 0 spiro atoms. The van der Waals surface area contributed by atoms with Crippen molar-refractivity contribution in [3.63, 3.8) is 0 Å². The maximum atomic E-state index is 13.5. The van der Waals surface area contributed by atoms with Crippen molar-refractivity contribution in [1.29, 1.82) is 0 Å². The third-order valence-electron chi connectivity index (χ3n) is 2.89. The lowest BCUT2D eigenvalue weighted by atomic mass is 10.1. The summed E-state index contributed by atoms with van der Waals surface area (Å²) in [5.41, 5.74) is -0.112. The molecule has 0 aliphatic heterocycles. The number of halogens is 2. The molecule has 0 saturated heterocycles. The van der Waals surface area contributed by atoms with Crippen molar-refractivity contribution in [2.45, 2.75) is 26.3 Å². The molecule has 112 valence electrons. The van der Waals surface area contributed by atoms with Crippen molar-refractivity contribution in [2.75, 3.05) is 0 Å². The molecule has 0 unspecified atom stereocenters. The first-order valence-electron chi connectivity index (χ1n) is 6.36. The minimum Gasteiger partial charge on any atom is -0.310 e. The molecule has 0 fully saturated rings. The third-order valence-corrected chi connectivity index (χ3v) is 3.13. The quantitative estimate of drug-likeness (QED) is 0.482. The smallest absolute Gasteiger partial charge is 0.280 e. The van der Waals surface area contributed by atoms with Crippen LogP contribution in [0.2, 0.25) is 0 Å². The minimum atomic E-state index is -0.567. The van der Waals surface area contributed by atoms with Gasteiger partial charge in [-0.25, -0.2) is 4.39 Å². The maximum Gasteiger partial charge on any atom is 0.280 e. The number of nitrogens with zero attached hydrogens (tertiary/aromatic N) is 4. The van der Waals surface area contributed by atoms with E-state index in [2.05, 4.69) is 10.2 Å². The molecule has 1 aromatic carbocycles. The highest BCUT2D eigenvalue weighted by atomic mass is 35.5. The van der Waals surface area contributed by atoms with E-state index in [0.29, 0.717) is 12.4 Å². The summed E-state index contributed by atoms with van der Waals surface area (Å²) >= 11 is 5.82. The van der Waals surface area contributed by atoms with Gasteiger partial charge in [0.15, 0.2) is 5.82 Å². The maximum absolute atomic E-state index is 13.5. The Hall–Kier alpha value is -2.02. The molecule has 0 N–H and O–H groups in total. The molecule has 0 atom stereocenters. The average molecular weight is 313 g/mol. The van der Waals surface area contributed by atoms with Gasteiger partial charge >= 0.3 is 0 Å². The van der Waals surface area contributed by atoms with Crippen LogP contribution in [0.15, 0.2) is 18.2 Å². The van der Waals surface area contributed by atoms with E-state index < -0.39 is 10.7 Å². The fourth-order valence-corrected chi connectivity index (χ4v) is 2.23. The van der Waals surface area contributed by atoms with Gasteiger partial charge in [-0.3, -0.25) is 10.1 Å². The van der Waals surface area contributed by atoms with Crippen molar-refractivity contribution in [3.8, 4) is 11.4 Å². The molecule has 2 rings (SSSR count). The molecule has 6 nitrogen and oxygen atoms in total. The van der Waals surface area contributed by atoms with Gasteiger partial charge in [0.05, 0.1) is 16.4 Å². The highest BCUT2D eigenvalue weighted by Gasteiger charge is 2.23. The van der Waals surface area contributed by atoms with Crippen LogP contribution in [-0.2, 0) is 12.4 Å². The fourth-order valence-electron chi connectivity index (χ4n) is 2.04. The van der Waals surface area contributed by atoms with Crippen LogP contribution in [0.3, 0.4) is 0 Å². The van der Waals surface area contributed by atoms with Crippen LogP contribution in [0.1, 0.15) is 19.7 Å². The van der Waals surface area contributed by atoms with Gasteiger partial charge in [0.25, 0.3) is 5.69 Å². The first-order chi connectivity index (χ1) is 9.93. The molecule has 1 heterocycles. The van der Waals surface area contributed by atoms with Crippen LogP contribution in [0.4, 0.5) is 10.1 Å². The lowest BCUT2D eigenvalue weighted by Crippen LogP contribution is -2.10. The standard InChI is InChI=1S/C13H14ClFN4O2/c1-8(2)7-18-12(6-14)16-17-13(18)10-5-9(15)3-4-11(10)19(20)21/h3-5,8H,6-7H2,1-2H3. The minimum absolute atomic E-state index is 0.101. The van der Waals surface area contributed by atoms with Crippen LogP contribution in [0, 0.1) is 21.8 Å². The van der Waals surface area contributed by atoms with E-state index >= 15 is 0 Å². The topological polar surface area (TPSA) is 73.8 Å². The van der Waals surface area contributed by atoms with E-state index in [0.717, 1.165) is 18.2 Å². The van der Waals surface area contributed by atoms with Gasteiger partial charge in [0, 0.05) is 12.6 Å². The van der Waals surface area contributed by atoms with Gasteiger partial charge in [-0.2, -0.15) is 0 Å². The lowest BCUT2D eigenvalue weighted by molar-refractivity contribution is -0.384. The largest absolute Gasteiger partial charge is 0.310 e. The summed E-state index contributed by atoms with van der Waals surface area (Å²) in [6.45, 7) is 4.52. The summed E-state index contributed by atoms with van der Waals surface area (Å²) in [4.78, 5) is 10.5. The van der Waals surface area contributed by atoms with Gasteiger partial charge in [-0.15, -0.1) is 21.8 Å². The third kappa shape index (κ3) is 3.18. The normalized spacial score (nSPS) is 11.1. The van der Waals surface area contributed by atoms with Crippen molar-refractivity contribution < 1.29 is 9.31 Å². The number of alkyl halides is 1. The predicted octanol–water partition coefficient (Wildman–Crippen LogP) is 3.39. The van der Waals surface area contributed by atoms with E-state index in [4.69, 9.17) is 11.6 Å². The highest BCUT2D eigenvalue weighted by molar-refractivity contribution is 6.16. The molecule has 1 aromatic heterocycles. The van der Waals surface area contributed by atoms with E-state index in [1.54, 1.807) is 4.57 Å². The van der Waals surface area contributed by atoms with Gasteiger partial charge in [-0.05, 0) is 18.1 Å². The van der Waals surface area contributed by atoms with Crippen LogP contribution >= 0.6 is 11.6 Å². The summed E-state index contributed by atoms with van der Waals surface area (Å²) in [5, 5.41) is 19.0. The first-order valence-corrected chi connectivity index (χ1v) is 6.89. The van der Waals surface area contributed by atoms with Gasteiger partial charge in [-0.1, -0.05) is 13.8 Å². The number of aromatic nitrogens is 3. The molecule has 0 aliphatic rings. The fraction of sp³-hybridized carbons (Fsp3) is 0.385. The van der Waals surface area contributed by atoms with Crippen LogP contribution in [0.5, 0.6) is 0 Å². The zero-order valence-corrected chi connectivity index (χ0v) is 12.3. The second-order valence-electron chi connectivity index (χ2n) is 5.00. The monoisotopic (exact) mass is 312 g/mol. The Morgan fingerprint density at radius 2 is 2.14 bits per heavy atom. The second kappa shape index (κ2) is 6.17. The first kappa shape index (κ1) is 15.4. The molecular formula is C13H14ClFN4O2. The molecule has 0 saturated carbocycles. The number of hydrogen-bond acceptors (Lipinski definition) is 4. The summed E-state index contributed by atoms with van der Waals surface area (Å²) < 4.78 is 15.2. The average Bonchev–Trinajstić information content (AvgIpc) is 2.80. The number of nitro benzene ring substituents is 1. The van der Waals surface area contributed by atoms with Crippen molar-refractivity contribution in [1.82, 2.24) is 14.8 Å². The van der Waals surface area contributed by atoms with E-state index in [1.807, 2.05) is 13.8 Å². The molecule has 0 bridgehead atoms. The Morgan fingerprint density at radius 1 is 1.43 bits per heavy atom. The summed E-state index contributed by atoms with van der Waals surface area (Å²) in [7, 11) is 0. The zero-order chi connectivity index (χ0) is 15.6. The second-order valence-corrected chi connectivity index (χ2v) is 5.26. The van der Waals surface area contributed by atoms with Gasteiger partial charge in [0.1, 0.15) is 11.6 Å². The molecule has 0 aliphatic carbocycles. The van der Waals surface area contributed by atoms with Crippen LogP contribution < -0.4 is 0 Å². The van der Waals surface area contributed by atoms with E-state index in [-0.39, 0.29) is 28.9 Å².